The normalized spacial score (nSPS) is 19.9. The van der Waals surface area contributed by atoms with Crippen LogP contribution in [0.3, 0.4) is 0 Å². The van der Waals surface area contributed by atoms with Crippen LogP contribution in [0.15, 0.2) is 47.6 Å². The van der Waals surface area contributed by atoms with E-state index < -0.39 is 23.8 Å². The van der Waals surface area contributed by atoms with Crippen LogP contribution in [0.4, 0.5) is 4.39 Å². The summed E-state index contributed by atoms with van der Waals surface area (Å²) in [5.41, 5.74) is -0.295. The summed E-state index contributed by atoms with van der Waals surface area (Å²) in [4.78, 5) is 22.0. The van der Waals surface area contributed by atoms with Crippen LogP contribution in [0.25, 0.3) is 0 Å². The van der Waals surface area contributed by atoms with Crippen LogP contribution in [0.2, 0.25) is 0 Å². The molecule has 32 heavy (non-hydrogen) atoms. The lowest BCUT2D eigenvalue weighted by Crippen LogP contribution is -2.16. The first-order chi connectivity index (χ1) is 15.2. The number of nitrogens with zero attached hydrogens (tertiary/aromatic N) is 3. The van der Waals surface area contributed by atoms with Gasteiger partial charge in [0.2, 0.25) is 6.10 Å². The van der Waals surface area contributed by atoms with Gasteiger partial charge in [0.1, 0.15) is 18.4 Å². The molecule has 0 spiro atoms. The molecule has 0 saturated heterocycles. The smallest absolute Gasteiger partial charge is 0.311 e. The molecule has 3 atom stereocenters. The van der Waals surface area contributed by atoms with Crippen molar-refractivity contribution in [2.24, 2.45) is 28.3 Å². The Labute approximate surface area is 186 Å². The highest BCUT2D eigenvalue weighted by Crippen LogP contribution is 2.58. The molecule has 1 fully saturated rings. The first-order valence-corrected chi connectivity index (χ1v) is 10.4. The number of para-hydroxylation sites is 1. The first-order valence-electron chi connectivity index (χ1n) is 10.4. The van der Waals surface area contributed by atoms with Crippen molar-refractivity contribution in [3.8, 4) is 17.7 Å². The van der Waals surface area contributed by atoms with Gasteiger partial charge in [-0.05, 0) is 35.6 Å². The fourth-order valence-electron chi connectivity index (χ4n) is 3.30. The summed E-state index contributed by atoms with van der Waals surface area (Å²) in [5.74, 6) is -1.44. The molecule has 1 saturated carbocycles. The lowest BCUT2D eigenvalue weighted by Gasteiger charge is -2.13. The number of nitriles is 1. The van der Waals surface area contributed by atoms with E-state index in [-0.39, 0.29) is 22.9 Å². The van der Waals surface area contributed by atoms with E-state index in [2.05, 4.69) is 10.1 Å². The van der Waals surface area contributed by atoms with Crippen molar-refractivity contribution < 1.29 is 23.5 Å². The van der Waals surface area contributed by atoms with Gasteiger partial charge in [0.15, 0.2) is 5.82 Å². The molecule has 8 heteroatoms. The number of hydrogen-bond acceptors (Lipinski definition) is 7. The molecule has 1 aliphatic carbocycles. The summed E-state index contributed by atoms with van der Waals surface area (Å²) < 4.78 is 25.1. The summed E-state index contributed by atoms with van der Waals surface area (Å²) in [7, 11) is 0. The third kappa shape index (κ3) is 5.41. The molecule has 0 aliphatic heterocycles. The maximum Gasteiger partial charge on any atom is 0.311 e. The Morgan fingerprint density at radius 1 is 1.28 bits per heavy atom. The third-order valence-electron chi connectivity index (χ3n) is 5.28. The molecule has 7 nitrogen and oxygen atoms in total. The zero-order valence-electron chi connectivity index (χ0n) is 18.5. The fourth-order valence-corrected chi connectivity index (χ4v) is 3.30. The number of oxime groups is 1. The highest BCUT2D eigenvalue weighted by Gasteiger charge is 2.62. The maximum absolute atomic E-state index is 14.2. The number of esters is 1. The van der Waals surface area contributed by atoms with Gasteiger partial charge >= 0.3 is 5.97 Å². The molecular weight excluding hydrogens is 413 g/mol. The minimum Gasteiger partial charge on any atom is -0.440 e. The highest BCUT2D eigenvalue weighted by molar-refractivity contribution is 5.85. The van der Waals surface area contributed by atoms with E-state index in [1.165, 1.54) is 6.07 Å². The molecule has 0 radical (unpaired) electrons. The topological polar surface area (TPSA) is 93.8 Å². The van der Waals surface area contributed by atoms with E-state index in [1.54, 1.807) is 36.5 Å². The lowest BCUT2D eigenvalue weighted by molar-refractivity contribution is -0.149. The minimum atomic E-state index is -1.30. The van der Waals surface area contributed by atoms with Gasteiger partial charge in [-0.1, -0.05) is 51.0 Å². The van der Waals surface area contributed by atoms with Gasteiger partial charge in [0.05, 0.1) is 11.6 Å². The predicted octanol–water partition coefficient (Wildman–Crippen LogP) is 5.05. The molecule has 168 valence electrons. The number of carbonyl (C=O) groups excluding carboxylic acids is 1. The van der Waals surface area contributed by atoms with E-state index in [1.807, 2.05) is 33.8 Å². The molecule has 1 heterocycles. The zero-order valence-corrected chi connectivity index (χ0v) is 18.5. The van der Waals surface area contributed by atoms with Gasteiger partial charge in [-0.25, -0.2) is 9.37 Å². The molecule has 3 rings (SSSR count). The van der Waals surface area contributed by atoms with Crippen molar-refractivity contribution in [1.29, 1.82) is 5.26 Å². The summed E-state index contributed by atoms with van der Waals surface area (Å²) in [6, 6.07) is 12.9. The van der Waals surface area contributed by atoms with Crippen molar-refractivity contribution >= 4 is 12.2 Å². The third-order valence-corrected chi connectivity index (χ3v) is 5.28. The average molecular weight is 439 g/mol. The SMILES string of the molecule is CC(C)CON=CC1C(C(=O)OC(C#N)c2ccc(F)c(Oc3ccccc3)n2)C1(C)C. The predicted molar refractivity (Wildman–Crippen MR) is 115 cm³/mol. The van der Waals surface area contributed by atoms with Crippen molar-refractivity contribution in [3.63, 3.8) is 0 Å². The van der Waals surface area contributed by atoms with Crippen molar-refractivity contribution in [1.82, 2.24) is 4.98 Å². The Morgan fingerprint density at radius 3 is 2.66 bits per heavy atom. The van der Waals surface area contributed by atoms with Gasteiger partial charge in [-0.15, -0.1) is 0 Å². The molecule has 0 amide bonds. The van der Waals surface area contributed by atoms with Gasteiger partial charge < -0.3 is 14.3 Å². The van der Waals surface area contributed by atoms with Crippen LogP contribution >= 0.6 is 0 Å². The van der Waals surface area contributed by atoms with E-state index in [9.17, 15) is 14.4 Å². The summed E-state index contributed by atoms with van der Waals surface area (Å²) in [5, 5.41) is 13.5. The monoisotopic (exact) mass is 439 g/mol. The van der Waals surface area contributed by atoms with E-state index >= 15 is 0 Å². The summed E-state index contributed by atoms with van der Waals surface area (Å²) >= 11 is 0. The maximum atomic E-state index is 14.2. The number of ether oxygens (including phenoxy) is 2. The molecule has 0 N–H and O–H groups in total. The lowest BCUT2D eigenvalue weighted by atomic mass is 10.1. The van der Waals surface area contributed by atoms with Crippen molar-refractivity contribution in [3.05, 3.63) is 54.0 Å². The Morgan fingerprint density at radius 2 is 2.00 bits per heavy atom. The number of hydrogen-bond donors (Lipinski definition) is 0. The number of carbonyl (C=O) groups is 1. The zero-order chi connectivity index (χ0) is 23.3. The number of halogens is 1. The van der Waals surface area contributed by atoms with Crippen LogP contribution in [0.5, 0.6) is 11.6 Å². The molecule has 0 bridgehead atoms. The first kappa shape index (κ1) is 23.2. The van der Waals surface area contributed by atoms with Crippen LogP contribution < -0.4 is 4.74 Å². The highest BCUT2D eigenvalue weighted by atomic mass is 19.1. The quantitative estimate of drug-likeness (QED) is 0.308. The van der Waals surface area contributed by atoms with Gasteiger partial charge in [-0.2, -0.15) is 5.26 Å². The Kier molecular flexibility index (Phi) is 7.08. The van der Waals surface area contributed by atoms with E-state index in [0.29, 0.717) is 18.3 Å². The standard InChI is InChI=1S/C24H26FN3O4/c1-15(2)14-30-27-13-17-21(24(17,3)4)23(29)32-20(12-26)19-11-10-18(25)22(28-19)31-16-8-6-5-7-9-16/h5-11,13,15,17,20-21H,14H2,1-4H3. The molecule has 2 aromatic rings. The van der Waals surface area contributed by atoms with Crippen LogP contribution in [0, 0.1) is 40.3 Å². The van der Waals surface area contributed by atoms with Crippen molar-refractivity contribution in [2.75, 3.05) is 6.61 Å². The van der Waals surface area contributed by atoms with Crippen molar-refractivity contribution in [2.45, 2.75) is 33.8 Å². The summed E-state index contributed by atoms with van der Waals surface area (Å²) in [6.07, 6.45) is 0.310. The Hall–Kier alpha value is -3.47. The molecule has 1 aliphatic rings. The number of pyridine rings is 1. The number of benzene rings is 1. The van der Waals surface area contributed by atoms with Gasteiger partial charge in [-0.3, -0.25) is 4.79 Å². The van der Waals surface area contributed by atoms with Gasteiger partial charge in [0, 0.05) is 12.1 Å². The minimum absolute atomic E-state index is 0.0807. The second kappa shape index (κ2) is 9.77. The van der Waals surface area contributed by atoms with E-state index in [0.717, 1.165) is 6.07 Å². The van der Waals surface area contributed by atoms with Crippen LogP contribution in [0.1, 0.15) is 39.5 Å². The average Bonchev–Trinajstić information content (AvgIpc) is 3.32. The van der Waals surface area contributed by atoms with Gasteiger partial charge in [0.25, 0.3) is 5.88 Å². The molecule has 3 unspecified atom stereocenters. The Balaban J connectivity index is 1.68. The van der Waals surface area contributed by atoms with Crippen LogP contribution in [-0.2, 0) is 14.4 Å². The summed E-state index contributed by atoms with van der Waals surface area (Å²) in [6.45, 7) is 8.35. The second-order valence-corrected chi connectivity index (χ2v) is 8.65. The van der Waals surface area contributed by atoms with E-state index in [4.69, 9.17) is 14.3 Å². The second-order valence-electron chi connectivity index (χ2n) is 8.65. The largest absolute Gasteiger partial charge is 0.440 e. The number of aromatic nitrogens is 1. The number of rotatable bonds is 9. The molecule has 1 aromatic carbocycles. The Bertz CT molecular complexity index is 1020. The molecular formula is C24H26FN3O4. The molecule has 1 aromatic heterocycles. The van der Waals surface area contributed by atoms with Crippen LogP contribution in [-0.4, -0.2) is 23.8 Å². The fraction of sp³-hybridized carbons (Fsp3) is 0.417.